The lowest BCUT2D eigenvalue weighted by Crippen LogP contribution is -2.44. The van der Waals surface area contributed by atoms with Crippen LogP contribution in [0.4, 0.5) is 0 Å². The highest BCUT2D eigenvalue weighted by atomic mass is 35.5. The topological polar surface area (TPSA) is 102 Å². The Morgan fingerprint density at radius 2 is 1.65 bits per heavy atom. The van der Waals surface area contributed by atoms with Crippen molar-refractivity contribution >= 4 is 29.2 Å². The molecule has 0 radical (unpaired) electrons. The van der Waals surface area contributed by atoms with E-state index in [1.807, 2.05) is 24.3 Å². The van der Waals surface area contributed by atoms with Gasteiger partial charge in [-0.25, -0.2) is 4.79 Å². The Morgan fingerprint density at radius 1 is 0.950 bits per heavy atom. The molecular weight excluding hydrogens is 549 g/mol. The van der Waals surface area contributed by atoms with Crippen LogP contribution < -0.4 is 0 Å². The minimum atomic E-state index is -0.974. The molecule has 4 aliphatic carbocycles. The number of hydrogen-bond donors (Lipinski definition) is 1. The van der Waals surface area contributed by atoms with Crippen LogP contribution in [0.5, 0.6) is 0 Å². The molecule has 0 amide bonds. The van der Waals surface area contributed by atoms with Gasteiger partial charge in [-0.15, -0.1) is 0 Å². The van der Waals surface area contributed by atoms with Gasteiger partial charge in [-0.3, -0.25) is 0 Å². The Labute approximate surface area is 241 Å². The first kappa shape index (κ1) is 25.8. The largest absolute Gasteiger partial charge is 0.478 e. The summed E-state index contributed by atoms with van der Waals surface area (Å²) in [5.74, 6) is 1.61. The smallest absolute Gasteiger partial charge is 0.335 e. The summed E-state index contributed by atoms with van der Waals surface area (Å²) in [6.45, 7) is 0. The summed E-state index contributed by atoms with van der Waals surface area (Å²) in [6.07, 6.45) is 10.6. The molecule has 1 N–H and O–H groups in total. The normalized spacial score (nSPS) is 23.9. The highest BCUT2D eigenvalue weighted by molar-refractivity contribution is 6.39. The van der Waals surface area contributed by atoms with Gasteiger partial charge in [0.2, 0.25) is 11.7 Å². The molecule has 2 aromatic carbocycles. The zero-order valence-electron chi connectivity index (χ0n) is 22.0. The maximum Gasteiger partial charge on any atom is 0.335 e. The van der Waals surface area contributed by atoms with E-state index in [0.29, 0.717) is 33.2 Å². The molecule has 4 fully saturated rings. The van der Waals surface area contributed by atoms with Gasteiger partial charge in [-0.05, 0) is 93.9 Å². The van der Waals surface area contributed by atoms with Gasteiger partial charge in [0.25, 0.3) is 0 Å². The second-order valence-electron chi connectivity index (χ2n) is 11.8. The van der Waals surface area contributed by atoms with E-state index >= 15 is 0 Å². The SMILES string of the molecule is O=C(O)c1cccc(-c2noc(C34CCC(CCc5c(-c6c(Cl)cccc6Cl)noc5C5CC5)(CC3)CC4)n2)c1. The summed E-state index contributed by atoms with van der Waals surface area (Å²) in [5.41, 5.74) is 3.74. The molecule has 4 saturated carbocycles. The number of halogens is 2. The van der Waals surface area contributed by atoms with E-state index in [0.717, 1.165) is 81.2 Å². The van der Waals surface area contributed by atoms with Crippen molar-refractivity contribution in [3.05, 3.63) is 75.3 Å². The van der Waals surface area contributed by atoms with E-state index in [9.17, 15) is 9.90 Å². The molecule has 2 aromatic heterocycles. The number of carboxylic acids is 1. The monoisotopic (exact) mass is 577 g/mol. The minimum Gasteiger partial charge on any atom is -0.478 e. The fourth-order valence-electron chi connectivity index (χ4n) is 6.85. The standard InChI is InChI=1S/C31H29Cl2N3O4/c32-22-5-2-6-23(33)24(22)25-21(26(39-35-25)18-7-8-18)9-10-30-11-14-31(15-12-30,16-13-30)29-34-27(36-40-29)19-3-1-4-20(17-19)28(37)38/h1-6,17-18H,7-16H2,(H,37,38). The van der Waals surface area contributed by atoms with E-state index in [2.05, 4.69) is 10.3 Å². The fourth-order valence-corrected chi connectivity index (χ4v) is 7.42. The van der Waals surface area contributed by atoms with E-state index in [1.165, 1.54) is 5.56 Å². The van der Waals surface area contributed by atoms with Gasteiger partial charge >= 0.3 is 5.97 Å². The number of aromatic nitrogens is 3. The molecule has 8 rings (SSSR count). The van der Waals surface area contributed by atoms with Gasteiger partial charge in [-0.2, -0.15) is 4.98 Å². The summed E-state index contributed by atoms with van der Waals surface area (Å²) in [4.78, 5) is 16.2. The van der Waals surface area contributed by atoms with Crippen molar-refractivity contribution in [1.29, 1.82) is 0 Å². The van der Waals surface area contributed by atoms with Crippen LogP contribution in [0.2, 0.25) is 10.0 Å². The summed E-state index contributed by atoms with van der Waals surface area (Å²) >= 11 is 13.1. The Bertz CT molecular complexity index is 1560. The number of hydrogen-bond acceptors (Lipinski definition) is 6. The summed E-state index contributed by atoms with van der Waals surface area (Å²) in [5, 5.41) is 19.2. The van der Waals surface area contributed by atoms with E-state index in [-0.39, 0.29) is 16.4 Å². The van der Waals surface area contributed by atoms with Gasteiger partial charge in [-0.1, -0.05) is 51.7 Å². The van der Waals surface area contributed by atoms with Crippen molar-refractivity contribution in [1.82, 2.24) is 15.3 Å². The predicted molar refractivity (Wildman–Crippen MR) is 151 cm³/mol. The third-order valence-electron chi connectivity index (χ3n) is 9.52. The zero-order valence-corrected chi connectivity index (χ0v) is 23.5. The lowest BCUT2D eigenvalue weighted by Gasteiger charge is -2.52. The van der Waals surface area contributed by atoms with Crippen LogP contribution >= 0.6 is 23.2 Å². The lowest BCUT2D eigenvalue weighted by atomic mass is 9.52. The van der Waals surface area contributed by atoms with Gasteiger partial charge in [0, 0.05) is 28.0 Å². The highest BCUT2D eigenvalue weighted by Gasteiger charge is 2.52. The van der Waals surface area contributed by atoms with E-state index in [4.69, 9.17) is 37.2 Å². The maximum absolute atomic E-state index is 11.4. The number of carbonyl (C=O) groups is 1. The van der Waals surface area contributed by atoms with Crippen molar-refractivity contribution in [2.75, 3.05) is 0 Å². The van der Waals surface area contributed by atoms with Gasteiger partial charge in [0.1, 0.15) is 11.5 Å². The molecular formula is C31H29Cl2N3O4. The van der Waals surface area contributed by atoms with Crippen molar-refractivity contribution in [2.24, 2.45) is 5.41 Å². The third-order valence-corrected chi connectivity index (χ3v) is 10.2. The first-order valence-corrected chi connectivity index (χ1v) is 14.7. The first-order chi connectivity index (χ1) is 19.4. The van der Waals surface area contributed by atoms with Crippen LogP contribution in [-0.4, -0.2) is 26.4 Å². The number of rotatable bonds is 8. The Kier molecular flexibility index (Phi) is 6.28. The molecule has 9 heteroatoms. The van der Waals surface area contributed by atoms with Crippen LogP contribution in [0, 0.1) is 5.41 Å². The molecule has 7 nitrogen and oxygen atoms in total. The van der Waals surface area contributed by atoms with Crippen LogP contribution in [0.15, 0.2) is 51.5 Å². The molecule has 40 heavy (non-hydrogen) atoms. The molecule has 0 aliphatic heterocycles. The van der Waals surface area contributed by atoms with Crippen molar-refractivity contribution in [3.63, 3.8) is 0 Å². The van der Waals surface area contributed by atoms with E-state index in [1.54, 1.807) is 18.2 Å². The van der Waals surface area contributed by atoms with Crippen molar-refractivity contribution in [2.45, 2.75) is 75.5 Å². The molecule has 4 aliphatic rings. The Morgan fingerprint density at radius 3 is 2.33 bits per heavy atom. The first-order valence-electron chi connectivity index (χ1n) is 14.0. The quantitative estimate of drug-likeness (QED) is 0.224. The lowest BCUT2D eigenvalue weighted by molar-refractivity contribution is 0.0168. The van der Waals surface area contributed by atoms with Crippen LogP contribution in [0.1, 0.15) is 91.3 Å². The number of benzene rings is 2. The number of fused-ring (bicyclic) bond motifs is 3. The van der Waals surface area contributed by atoms with Crippen LogP contribution in [0.3, 0.4) is 0 Å². The van der Waals surface area contributed by atoms with Crippen molar-refractivity contribution < 1.29 is 18.9 Å². The highest BCUT2D eigenvalue weighted by Crippen LogP contribution is 2.59. The fraction of sp³-hybridized carbons (Fsp3) is 0.419. The maximum atomic E-state index is 11.4. The van der Waals surface area contributed by atoms with Crippen LogP contribution in [-0.2, 0) is 11.8 Å². The van der Waals surface area contributed by atoms with Gasteiger partial charge < -0.3 is 14.2 Å². The zero-order chi connectivity index (χ0) is 27.5. The number of nitrogens with zero attached hydrogens (tertiary/aromatic N) is 3. The molecule has 0 atom stereocenters. The second-order valence-corrected chi connectivity index (χ2v) is 12.6. The van der Waals surface area contributed by atoms with Crippen LogP contribution in [0.25, 0.3) is 22.6 Å². The van der Waals surface area contributed by atoms with E-state index < -0.39 is 5.97 Å². The molecule has 2 bridgehead atoms. The molecule has 0 spiro atoms. The molecule has 0 saturated heterocycles. The summed E-state index contributed by atoms with van der Waals surface area (Å²) < 4.78 is 11.7. The summed E-state index contributed by atoms with van der Waals surface area (Å²) in [6, 6.07) is 12.2. The average Bonchev–Trinajstić information content (AvgIpc) is 3.53. The molecule has 0 unspecified atom stereocenters. The van der Waals surface area contributed by atoms with Crippen molar-refractivity contribution in [3.8, 4) is 22.6 Å². The van der Waals surface area contributed by atoms with Gasteiger partial charge in [0.15, 0.2) is 0 Å². The summed E-state index contributed by atoms with van der Waals surface area (Å²) in [7, 11) is 0. The molecule has 4 aromatic rings. The molecule has 2 heterocycles. The minimum absolute atomic E-state index is 0.107. The Balaban J connectivity index is 1.09. The predicted octanol–water partition coefficient (Wildman–Crippen LogP) is 8.50. The number of aromatic carboxylic acids is 1. The second kappa shape index (κ2) is 9.74. The molecule has 206 valence electrons. The number of carboxylic acid groups (broad SMARTS) is 1. The third kappa shape index (κ3) is 4.44. The average molecular weight is 578 g/mol. The Hall–Kier alpha value is -3.16. The van der Waals surface area contributed by atoms with Gasteiger partial charge in [0.05, 0.1) is 15.6 Å².